The molecule has 0 fully saturated rings. The maximum absolute atomic E-state index is 12.4. The third-order valence-corrected chi connectivity index (χ3v) is 2.00. The lowest BCUT2D eigenvalue weighted by Crippen LogP contribution is -2.12. The van der Waals surface area contributed by atoms with E-state index >= 15 is 0 Å². The first-order valence-electron chi connectivity index (χ1n) is 4.26. The summed E-state index contributed by atoms with van der Waals surface area (Å²) in [5.74, 6) is 0. The van der Waals surface area contributed by atoms with Crippen LogP contribution in [-0.2, 0) is 6.18 Å². The Hall–Kier alpha value is -1.79. The van der Waals surface area contributed by atoms with E-state index in [0.29, 0.717) is 11.8 Å². The summed E-state index contributed by atoms with van der Waals surface area (Å²) in [5, 5.41) is 10.5. The minimum atomic E-state index is -4.72. The molecule has 0 bridgehead atoms. The van der Waals surface area contributed by atoms with Gasteiger partial charge in [-0.1, -0.05) is 0 Å². The highest BCUT2D eigenvalue weighted by Gasteiger charge is 2.38. The number of nitrogens with zero attached hydrogens (tertiary/aromatic N) is 2. The zero-order valence-corrected chi connectivity index (χ0v) is 8.58. The van der Waals surface area contributed by atoms with Gasteiger partial charge in [-0.15, -0.1) is 0 Å². The average molecular weight is 234 g/mol. The van der Waals surface area contributed by atoms with Crippen molar-refractivity contribution in [3.05, 3.63) is 33.9 Å². The Morgan fingerprint density at radius 2 is 1.88 bits per heavy atom. The first-order valence-corrected chi connectivity index (χ1v) is 4.26. The van der Waals surface area contributed by atoms with Crippen LogP contribution in [0.5, 0.6) is 0 Å². The molecule has 88 valence electrons. The molecule has 1 aromatic carbocycles. The molecule has 0 atom stereocenters. The van der Waals surface area contributed by atoms with E-state index < -0.39 is 22.4 Å². The van der Waals surface area contributed by atoms with Crippen molar-refractivity contribution in [3.63, 3.8) is 0 Å². The second kappa shape index (κ2) is 3.99. The van der Waals surface area contributed by atoms with E-state index in [-0.39, 0.29) is 0 Å². The zero-order valence-electron chi connectivity index (χ0n) is 8.58. The number of nitro groups is 1. The molecule has 1 rings (SSSR count). The van der Waals surface area contributed by atoms with Gasteiger partial charge in [-0.25, -0.2) is 0 Å². The van der Waals surface area contributed by atoms with Crippen LogP contribution in [-0.4, -0.2) is 19.0 Å². The molecule has 4 nitrogen and oxygen atoms in total. The second-order valence-electron chi connectivity index (χ2n) is 3.35. The van der Waals surface area contributed by atoms with E-state index in [2.05, 4.69) is 0 Å². The fourth-order valence-electron chi connectivity index (χ4n) is 1.19. The molecular weight excluding hydrogens is 225 g/mol. The van der Waals surface area contributed by atoms with Crippen LogP contribution in [0, 0.1) is 10.1 Å². The number of hydrogen-bond acceptors (Lipinski definition) is 3. The Bertz CT molecular complexity index is 416. The van der Waals surface area contributed by atoms with Crippen molar-refractivity contribution in [1.82, 2.24) is 0 Å². The van der Waals surface area contributed by atoms with Crippen molar-refractivity contribution < 1.29 is 18.1 Å². The van der Waals surface area contributed by atoms with E-state index in [1.165, 1.54) is 11.0 Å². The summed E-state index contributed by atoms with van der Waals surface area (Å²) in [6.07, 6.45) is -4.72. The summed E-state index contributed by atoms with van der Waals surface area (Å²) < 4.78 is 37.3. The summed E-state index contributed by atoms with van der Waals surface area (Å²) in [6.45, 7) is 0. The fourth-order valence-corrected chi connectivity index (χ4v) is 1.19. The van der Waals surface area contributed by atoms with Crippen molar-refractivity contribution in [2.24, 2.45) is 0 Å². The van der Waals surface area contributed by atoms with Gasteiger partial charge < -0.3 is 4.90 Å². The van der Waals surface area contributed by atoms with Crippen molar-refractivity contribution >= 4 is 11.4 Å². The Labute approximate surface area is 89.4 Å². The third-order valence-electron chi connectivity index (χ3n) is 2.00. The maximum atomic E-state index is 12.4. The molecule has 0 aliphatic rings. The van der Waals surface area contributed by atoms with Crippen molar-refractivity contribution in [3.8, 4) is 0 Å². The van der Waals surface area contributed by atoms with Gasteiger partial charge in [0.15, 0.2) is 0 Å². The molecule has 0 amide bonds. The molecule has 0 radical (unpaired) electrons. The molecule has 16 heavy (non-hydrogen) atoms. The molecule has 0 aliphatic carbocycles. The van der Waals surface area contributed by atoms with Crippen molar-refractivity contribution in [2.45, 2.75) is 6.18 Å². The maximum Gasteiger partial charge on any atom is 0.423 e. The van der Waals surface area contributed by atoms with E-state index in [9.17, 15) is 23.3 Å². The summed E-state index contributed by atoms with van der Waals surface area (Å²) in [5.41, 5.74) is -1.82. The summed E-state index contributed by atoms with van der Waals surface area (Å²) in [4.78, 5) is 11.0. The van der Waals surface area contributed by atoms with Crippen LogP contribution in [0.15, 0.2) is 18.2 Å². The van der Waals surface area contributed by atoms with Crippen LogP contribution < -0.4 is 4.90 Å². The highest BCUT2D eigenvalue weighted by Crippen LogP contribution is 2.37. The lowest BCUT2D eigenvalue weighted by molar-refractivity contribution is -0.388. The van der Waals surface area contributed by atoms with Gasteiger partial charge in [0.2, 0.25) is 0 Å². The predicted molar refractivity (Wildman–Crippen MR) is 52.4 cm³/mol. The molecule has 0 aromatic heterocycles. The number of benzene rings is 1. The molecule has 0 N–H and O–H groups in total. The molecule has 0 aliphatic heterocycles. The second-order valence-corrected chi connectivity index (χ2v) is 3.35. The van der Waals surface area contributed by atoms with Gasteiger partial charge in [0.25, 0.3) is 5.69 Å². The molecule has 1 aromatic rings. The predicted octanol–water partition coefficient (Wildman–Crippen LogP) is 2.68. The molecule has 0 unspecified atom stereocenters. The zero-order chi connectivity index (χ0) is 12.5. The molecule has 0 spiro atoms. The largest absolute Gasteiger partial charge is 0.423 e. The van der Waals surface area contributed by atoms with Crippen LogP contribution in [0.4, 0.5) is 24.5 Å². The van der Waals surface area contributed by atoms with Gasteiger partial charge in [0, 0.05) is 25.8 Å². The van der Waals surface area contributed by atoms with E-state index in [4.69, 9.17) is 0 Å². The Morgan fingerprint density at radius 1 is 1.31 bits per heavy atom. The minimum Gasteiger partial charge on any atom is -0.377 e. The van der Waals surface area contributed by atoms with Crippen LogP contribution in [0.3, 0.4) is 0 Å². The monoisotopic (exact) mass is 234 g/mol. The van der Waals surface area contributed by atoms with E-state index in [0.717, 1.165) is 6.07 Å². The number of halogens is 3. The first-order chi connectivity index (χ1) is 7.23. The smallest absolute Gasteiger partial charge is 0.377 e. The molecule has 0 heterocycles. The lowest BCUT2D eigenvalue weighted by atomic mass is 10.1. The first kappa shape index (κ1) is 12.3. The fraction of sp³-hybridized carbons (Fsp3) is 0.333. The third kappa shape index (κ3) is 2.41. The van der Waals surface area contributed by atoms with Gasteiger partial charge in [-0.2, -0.15) is 13.2 Å². The van der Waals surface area contributed by atoms with Crippen LogP contribution in [0.25, 0.3) is 0 Å². The van der Waals surface area contributed by atoms with Gasteiger partial charge in [0.05, 0.1) is 4.92 Å². The highest BCUT2D eigenvalue weighted by molar-refractivity contribution is 5.56. The average Bonchev–Trinajstić information content (AvgIpc) is 2.15. The van der Waals surface area contributed by atoms with Crippen LogP contribution in [0.1, 0.15) is 5.56 Å². The van der Waals surface area contributed by atoms with Gasteiger partial charge in [-0.3, -0.25) is 10.1 Å². The standard InChI is InChI=1S/C9H9F3N2O2/c1-13(2)6-3-4-7(9(10,11)12)8(5-6)14(15)16/h3-5H,1-2H3. The highest BCUT2D eigenvalue weighted by atomic mass is 19.4. The molecule has 0 saturated carbocycles. The number of nitro benzene ring substituents is 1. The summed E-state index contributed by atoms with van der Waals surface area (Å²) >= 11 is 0. The van der Waals surface area contributed by atoms with E-state index in [1.54, 1.807) is 14.1 Å². The number of alkyl halides is 3. The van der Waals surface area contributed by atoms with Crippen LogP contribution >= 0.6 is 0 Å². The van der Waals surface area contributed by atoms with Crippen LogP contribution in [0.2, 0.25) is 0 Å². The Balaban J connectivity index is 3.37. The summed E-state index contributed by atoms with van der Waals surface area (Å²) in [6, 6.07) is 2.81. The Kier molecular flexibility index (Phi) is 3.06. The van der Waals surface area contributed by atoms with Gasteiger partial charge in [0.1, 0.15) is 5.56 Å². The van der Waals surface area contributed by atoms with Gasteiger partial charge >= 0.3 is 6.18 Å². The number of rotatable bonds is 2. The normalized spacial score (nSPS) is 11.3. The summed E-state index contributed by atoms with van der Waals surface area (Å²) in [7, 11) is 3.18. The number of anilines is 1. The SMILES string of the molecule is CN(C)c1ccc(C(F)(F)F)c([N+](=O)[O-])c1. The Morgan fingerprint density at radius 3 is 2.25 bits per heavy atom. The molecule has 0 saturated heterocycles. The topological polar surface area (TPSA) is 46.4 Å². The van der Waals surface area contributed by atoms with Crippen molar-refractivity contribution in [1.29, 1.82) is 0 Å². The van der Waals surface area contributed by atoms with Gasteiger partial charge in [-0.05, 0) is 12.1 Å². The number of hydrogen-bond donors (Lipinski definition) is 0. The van der Waals surface area contributed by atoms with Crippen molar-refractivity contribution in [2.75, 3.05) is 19.0 Å². The molecule has 7 heteroatoms. The van der Waals surface area contributed by atoms with E-state index in [1.807, 2.05) is 0 Å². The quantitative estimate of drug-likeness (QED) is 0.583. The minimum absolute atomic E-state index is 0.347. The molecular formula is C9H9F3N2O2. The lowest BCUT2D eigenvalue weighted by Gasteiger charge is -2.14.